The van der Waals surface area contributed by atoms with E-state index in [4.69, 9.17) is 4.98 Å². The summed E-state index contributed by atoms with van der Waals surface area (Å²) in [6.07, 6.45) is 2.12. The molecule has 0 amide bonds. The largest absolute Gasteiger partial charge is 0.293 e. The number of likely N-dealkylation sites (tertiary alicyclic amines) is 1. The lowest BCUT2D eigenvalue weighted by atomic mass is 10.2. The zero-order chi connectivity index (χ0) is 18.1. The number of aromatic nitrogens is 1. The molecule has 1 aliphatic heterocycles. The Kier molecular flexibility index (Phi) is 5.14. The number of sulfone groups is 1. The molecule has 0 saturated carbocycles. The van der Waals surface area contributed by atoms with E-state index < -0.39 is 9.84 Å². The summed E-state index contributed by atoms with van der Waals surface area (Å²) < 4.78 is 27.3. The zero-order valence-electron chi connectivity index (χ0n) is 14.1. The number of thiazole rings is 1. The van der Waals surface area contributed by atoms with Crippen LogP contribution in [0.3, 0.4) is 0 Å². The number of fused-ring (bicyclic) bond motifs is 1. The highest BCUT2D eigenvalue weighted by molar-refractivity contribution is 9.10. The SMILES string of the molecule is O=S(=O)(CCN1CCCC1c1nc2ccccc2s1)c1ccc(Br)cc1. The average molecular weight is 451 g/mol. The molecule has 0 N–H and O–H groups in total. The Morgan fingerprint density at radius 3 is 2.69 bits per heavy atom. The van der Waals surface area contributed by atoms with Gasteiger partial charge in [-0.1, -0.05) is 28.1 Å². The minimum absolute atomic E-state index is 0.135. The van der Waals surface area contributed by atoms with Crippen LogP contribution in [0.25, 0.3) is 10.2 Å². The molecule has 1 atom stereocenters. The second kappa shape index (κ2) is 7.38. The highest BCUT2D eigenvalue weighted by atomic mass is 79.9. The summed E-state index contributed by atoms with van der Waals surface area (Å²) in [7, 11) is -3.27. The highest BCUT2D eigenvalue weighted by Gasteiger charge is 2.29. The summed E-state index contributed by atoms with van der Waals surface area (Å²) in [5.41, 5.74) is 1.03. The van der Waals surface area contributed by atoms with Gasteiger partial charge < -0.3 is 0 Å². The molecule has 26 heavy (non-hydrogen) atoms. The van der Waals surface area contributed by atoms with Gasteiger partial charge in [0.1, 0.15) is 5.01 Å². The van der Waals surface area contributed by atoms with E-state index in [1.807, 2.05) is 18.2 Å². The Morgan fingerprint density at radius 2 is 1.92 bits per heavy atom. The van der Waals surface area contributed by atoms with Gasteiger partial charge in [-0.25, -0.2) is 13.4 Å². The van der Waals surface area contributed by atoms with Crippen LogP contribution in [-0.4, -0.2) is 37.1 Å². The molecule has 0 bridgehead atoms. The standard InChI is InChI=1S/C19H19BrN2O2S2/c20-14-7-9-15(10-8-14)26(23,24)13-12-22-11-3-5-17(22)19-21-16-4-1-2-6-18(16)25-19/h1-2,4,6-10,17H,3,5,11-13H2. The van der Waals surface area contributed by atoms with Gasteiger partial charge in [-0.2, -0.15) is 0 Å². The fourth-order valence-corrected chi connectivity index (χ4v) is 6.07. The molecule has 136 valence electrons. The smallest absolute Gasteiger partial charge is 0.179 e. The third-order valence-electron chi connectivity index (χ3n) is 4.78. The quantitative estimate of drug-likeness (QED) is 0.566. The monoisotopic (exact) mass is 450 g/mol. The van der Waals surface area contributed by atoms with Crippen molar-refractivity contribution < 1.29 is 8.42 Å². The van der Waals surface area contributed by atoms with Crippen LogP contribution in [0, 0.1) is 0 Å². The van der Waals surface area contributed by atoms with Gasteiger partial charge in [0.15, 0.2) is 9.84 Å². The van der Waals surface area contributed by atoms with Gasteiger partial charge in [-0.3, -0.25) is 4.90 Å². The second-order valence-corrected chi connectivity index (χ2v) is 10.6. The number of benzene rings is 2. The summed E-state index contributed by atoms with van der Waals surface area (Å²) in [6.45, 7) is 1.47. The van der Waals surface area contributed by atoms with Gasteiger partial charge in [0.25, 0.3) is 0 Å². The van der Waals surface area contributed by atoms with Crippen LogP contribution in [0.1, 0.15) is 23.9 Å². The molecule has 0 spiro atoms. The van der Waals surface area contributed by atoms with Crippen molar-refractivity contribution in [3.8, 4) is 0 Å². The number of hydrogen-bond donors (Lipinski definition) is 0. The molecule has 1 saturated heterocycles. The Hall–Kier alpha value is -1.28. The maximum absolute atomic E-state index is 12.6. The minimum Gasteiger partial charge on any atom is -0.293 e. The Morgan fingerprint density at radius 1 is 1.15 bits per heavy atom. The fourth-order valence-electron chi connectivity index (χ4n) is 3.40. The minimum atomic E-state index is -3.27. The second-order valence-electron chi connectivity index (χ2n) is 6.49. The average Bonchev–Trinajstić information content (AvgIpc) is 3.26. The summed E-state index contributed by atoms with van der Waals surface area (Å²) in [6, 6.07) is 15.3. The normalized spacial score (nSPS) is 18.6. The van der Waals surface area contributed by atoms with E-state index in [1.54, 1.807) is 35.6 Å². The van der Waals surface area contributed by atoms with Gasteiger partial charge in [-0.15, -0.1) is 11.3 Å². The van der Waals surface area contributed by atoms with Crippen molar-refractivity contribution in [3.63, 3.8) is 0 Å². The van der Waals surface area contributed by atoms with Crippen molar-refractivity contribution >= 4 is 47.3 Å². The molecule has 4 nitrogen and oxygen atoms in total. The molecule has 0 radical (unpaired) electrons. The van der Waals surface area contributed by atoms with Crippen molar-refractivity contribution in [2.45, 2.75) is 23.8 Å². The van der Waals surface area contributed by atoms with Crippen LogP contribution >= 0.6 is 27.3 Å². The zero-order valence-corrected chi connectivity index (χ0v) is 17.4. The van der Waals surface area contributed by atoms with Gasteiger partial charge in [0, 0.05) is 11.0 Å². The summed E-state index contributed by atoms with van der Waals surface area (Å²) in [5, 5.41) is 1.10. The first-order chi connectivity index (χ1) is 12.5. The van der Waals surface area contributed by atoms with E-state index in [2.05, 4.69) is 26.9 Å². The van der Waals surface area contributed by atoms with E-state index in [-0.39, 0.29) is 11.8 Å². The summed E-state index contributed by atoms with van der Waals surface area (Å²) in [4.78, 5) is 7.44. The van der Waals surface area contributed by atoms with Crippen LogP contribution in [0.2, 0.25) is 0 Å². The first-order valence-electron chi connectivity index (χ1n) is 8.61. The van der Waals surface area contributed by atoms with Crippen LogP contribution in [-0.2, 0) is 9.84 Å². The lowest BCUT2D eigenvalue weighted by Crippen LogP contribution is -2.29. The number of para-hydroxylation sites is 1. The van der Waals surface area contributed by atoms with Crippen molar-refractivity contribution in [2.75, 3.05) is 18.8 Å². The predicted molar refractivity (Wildman–Crippen MR) is 109 cm³/mol. The van der Waals surface area contributed by atoms with Crippen molar-refractivity contribution in [3.05, 3.63) is 58.0 Å². The van der Waals surface area contributed by atoms with E-state index in [9.17, 15) is 8.42 Å². The number of nitrogens with zero attached hydrogens (tertiary/aromatic N) is 2. The third kappa shape index (κ3) is 3.71. The van der Waals surface area contributed by atoms with Crippen LogP contribution in [0.4, 0.5) is 0 Å². The van der Waals surface area contributed by atoms with Crippen LogP contribution < -0.4 is 0 Å². The van der Waals surface area contributed by atoms with E-state index in [0.717, 1.165) is 34.4 Å². The molecule has 0 aliphatic carbocycles. The van der Waals surface area contributed by atoms with Crippen LogP contribution in [0.15, 0.2) is 57.9 Å². The molecular weight excluding hydrogens is 432 g/mol. The third-order valence-corrected chi connectivity index (χ3v) is 8.16. The molecular formula is C19H19BrN2O2S2. The van der Waals surface area contributed by atoms with Gasteiger partial charge >= 0.3 is 0 Å². The van der Waals surface area contributed by atoms with Crippen molar-refractivity contribution in [2.24, 2.45) is 0 Å². The van der Waals surface area contributed by atoms with E-state index >= 15 is 0 Å². The highest BCUT2D eigenvalue weighted by Crippen LogP contribution is 2.36. The molecule has 1 fully saturated rings. The molecule has 3 aromatic rings. The maximum atomic E-state index is 12.6. The van der Waals surface area contributed by atoms with Crippen LogP contribution in [0.5, 0.6) is 0 Å². The molecule has 1 aliphatic rings. The molecule has 7 heteroatoms. The molecule has 1 unspecified atom stereocenters. The van der Waals surface area contributed by atoms with E-state index in [0.29, 0.717) is 11.4 Å². The molecule has 2 heterocycles. The van der Waals surface area contributed by atoms with Crippen molar-refractivity contribution in [1.82, 2.24) is 9.88 Å². The number of halogens is 1. The molecule has 4 rings (SSSR count). The number of hydrogen-bond acceptors (Lipinski definition) is 5. The lowest BCUT2D eigenvalue weighted by molar-refractivity contribution is 0.272. The lowest BCUT2D eigenvalue weighted by Gasteiger charge is -2.22. The Labute approximate surface area is 165 Å². The Bertz CT molecular complexity index is 982. The first kappa shape index (κ1) is 18.1. The maximum Gasteiger partial charge on any atom is 0.179 e. The van der Waals surface area contributed by atoms with E-state index in [1.165, 1.54) is 4.70 Å². The number of rotatable bonds is 5. The van der Waals surface area contributed by atoms with Gasteiger partial charge in [0.2, 0.25) is 0 Å². The predicted octanol–water partition coefficient (Wildman–Crippen LogP) is 4.67. The summed E-state index contributed by atoms with van der Waals surface area (Å²) >= 11 is 5.07. The van der Waals surface area contributed by atoms with Gasteiger partial charge in [0.05, 0.1) is 26.9 Å². The summed E-state index contributed by atoms with van der Waals surface area (Å²) in [5.74, 6) is 0.135. The topological polar surface area (TPSA) is 50.3 Å². The molecule has 1 aromatic heterocycles. The molecule has 2 aromatic carbocycles. The first-order valence-corrected chi connectivity index (χ1v) is 11.9. The van der Waals surface area contributed by atoms with Gasteiger partial charge in [-0.05, 0) is 55.8 Å². The van der Waals surface area contributed by atoms with Crippen molar-refractivity contribution in [1.29, 1.82) is 0 Å². The fraction of sp³-hybridized carbons (Fsp3) is 0.316. The Balaban J connectivity index is 1.49.